The van der Waals surface area contributed by atoms with Gasteiger partial charge in [0.25, 0.3) is 0 Å². The fourth-order valence-corrected chi connectivity index (χ4v) is 5.40. The molecule has 14 atom stereocenters. The minimum absolute atomic E-state index is 0.000710. The van der Waals surface area contributed by atoms with E-state index in [-0.39, 0.29) is 39.1 Å². The molecule has 0 radical (unpaired) electrons. The Morgan fingerprint density at radius 1 is 0.907 bits per heavy atom. The van der Waals surface area contributed by atoms with E-state index in [0.29, 0.717) is 18.0 Å². The number of nitrogens with two attached hydrogens (primary N) is 4. The van der Waals surface area contributed by atoms with Gasteiger partial charge in [0, 0.05) is 25.7 Å². The number of aliphatic hydroxyl groups is 6. The summed E-state index contributed by atoms with van der Waals surface area (Å²) in [7, 11) is 0. The van der Waals surface area contributed by atoms with E-state index in [1.165, 1.54) is 0 Å². The summed E-state index contributed by atoms with van der Waals surface area (Å²) in [5, 5.41) is 77.3. The van der Waals surface area contributed by atoms with E-state index in [1.807, 2.05) is 0 Å². The van der Waals surface area contributed by atoms with E-state index in [1.54, 1.807) is 0 Å². The van der Waals surface area contributed by atoms with Crippen LogP contribution in [0.3, 0.4) is 0 Å². The molecule has 19 nitrogen and oxygen atoms in total. The first-order chi connectivity index (χ1) is 20.4. The second-order valence-electron chi connectivity index (χ2n) is 11.1. The van der Waals surface area contributed by atoms with Crippen LogP contribution >= 0.6 is 0 Å². The van der Waals surface area contributed by atoms with Gasteiger partial charge in [-0.1, -0.05) is 0 Å². The quantitative estimate of drug-likeness (QED) is 0.0512. The van der Waals surface area contributed by atoms with E-state index in [0.717, 1.165) is 0 Å². The Morgan fingerprint density at radius 3 is 2.23 bits per heavy atom. The number of rotatable bonds is 13. The first-order valence-corrected chi connectivity index (χ1v) is 14.4. The lowest BCUT2D eigenvalue weighted by Crippen LogP contribution is -2.69. The van der Waals surface area contributed by atoms with E-state index >= 15 is 0 Å². The van der Waals surface area contributed by atoms with Gasteiger partial charge in [0.15, 0.2) is 12.6 Å². The van der Waals surface area contributed by atoms with E-state index in [2.05, 4.69) is 10.6 Å². The highest BCUT2D eigenvalue weighted by atomic mass is 16.7. The molecule has 0 aromatic heterocycles. The van der Waals surface area contributed by atoms with Crippen LogP contribution in [-0.4, -0.2) is 172 Å². The number of aliphatic hydroxyl groups excluding tert-OH is 6. The van der Waals surface area contributed by atoms with Crippen LogP contribution in [0, 0.1) is 0 Å². The number of hydrogen-bond donors (Lipinski definition) is 13. The summed E-state index contributed by atoms with van der Waals surface area (Å²) >= 11 is 0. The second-order valence-corrected chi connectivity index (χ2v) is 11.1. The number of hydroxylamine groups is 2. The summed E-state index contributed by atoms with van der Waals surface area (Å²) in [6, 6.07) is -5.04. The average molecular weight is 628 g/mol. The van der Waals surface area contributed by atoms with Crippen molar-refractivity contribution in [1.82, 2.24) is 15.7 Å². The number of hydrogen-bond acceptors (Lipinski definition) is 17. The van der Waals surface area contributed by atoms with Crippen molar-refractivity contribution in [2.45, 2.75) is 105 Å². The van der Waals surface area contributed by atoms with Crippen molar-refractivity contribution in [1.29, 1.82) is 0 Å². The van der Waals surface area contributed by atoms with Crippen molar-refractivity contribution in [3.63, 3.8) is 0 Å². The summed E-state index contributed by atoms with van der Waals surface area (Å²) in [5.74, 6) is 0. The zero-order valence-electron chi connectivity index (χ0n) is 23.9. The Hall–Kier alpha value is -1.37. The number of ether oxygens (including phenoxy) is 4. The fraction of sp³-hybridized carbons (Fsp3) is 0.958. The lowest BCUT2D eigenvalue weighted by molar-refractivity contribution is -0.315. The van der Waals surface area contributed by atoms with Crippen LogP contribution in [0.25, 0.3) is 0 Å². The predicted molar refractivity (Wildman–Crippen MR) is 146 cm³/mol. The third-order valence-electron chi connectivity index (χ3n) is 7.88. The van der Waals surface area contributed by atoms with Crippen molar-refractivity contribution in [3.05, 3.63) is 0 Å². The van der Waals surface area contributed by atoms with Gasteiger partial charge in [0.05, 0.1) is 43.5 Å². The Balaban J connectivity index is 1.79. The van der Waals surface area contributed by atoms with Crippen LogP contribution in [0.5, 0.6) is 0 Å². The maximum Gasteiger partial charge on any atom is 0.341 e. The van der Waals surface area contributed by atoms with Gasteiger partial charge < -0.3 is 83.2 Å². The number of amides is 2. The zero-order valence-corrected chi connectivity index (χ0v) is 23.9. The topological polar surface area (TPSA) is 327 Å². The van der Waals surface area contributed by atoms with E-state index in [9.17, 15) is 35.5 Å². The third-order valence-corrected chi connectivity index (χ3v) is 7.88. The van der Waals surface area contributed by atoms with Crippen molar-refractivity contribution < 1.29 is 59.6 Å². The molecule has 0 bridgehead atoms. The monoisotopic (exact) mass is 627 g/mol. The normalized spacial score (nSPS) is 42.0. The van der Waals surface area contributed by atoms with Crippen LogP contribution in [0.4, 0.5) is 4.79 Å². The smallest absolute Gasteiger partial charge is 0.341 e. The van der Waals surface area contributed by atoms with Gasteiger partial charge in [-0.15, -0.1) is 0 Å². The standard InChI is InChI=1S/C24H49N7O12/c25-2-4-31(39)24(38)30-12-6-10(26)20(42-22-11(27)7-13(34)14(40-22)8-29-3-1-5-32)19(37)21(12)43-23-18(36)16(28)17(35)15(9-33)41-23/h10-23,29,32-37,39H,1-9,25-28H2,(H,30,38)/t10-,11+,12+,13-,14+,15+,16-,17+,18+,19-,20?,21-,22+,23+/m0/s1. The number of carbonyl (C=O) groups excluding carboxylic acids is 1. The molecule has 2 heterocycles. The molecule has 3 rings (SSSR count). The highest BCUT2D eigenvalue weighted by molar-refractivity contribution is 5.73. The molecule has 0 spiro atoms. The summed E-state index contributed by atoms with van der Waals surface area (Å²) in [4.78, 5) is 12.6. The Labute approximate surface area is 248 Å². The minimum atomic E-state index is -1.61. The number of carbonyl (C=O) groups is 1. The van der Waals surface area contributed by atoms with Gasteiger partial charge in [-0.2, -0.15) is 0 Å². The molecule has 2 aliphatic heterocycles. The maximum absolute atomic E-state index is 12.6. The van der Waals surface area contributed by atoms with Crippen molar-refractivity contribution in [2.24, 2.45) is 22.9 Å². The van der Waals surface area contributed by atoms with Gasteiger partial charge in [-0.25, -0.2) is 9.86 Å². The van der Waals surface area contributed by atoms with Gasteiger partial charge in [-0.3, -0.25) is 5.21 Å². The van der Waals surface area contributed by atoms with Crippen LogP contribution in [0.1, 0.15) is 19.3 Å². The van der Waals surface area contributed by atoms with Crippen molar-refractivity contribution in [3.8, 4) is 0 Å². The Kier molecular flexibility index (Phi) is 14.1. The van der Waals surface area contributed by atoms with Gasteiger partial charge in [0.1, 0.15) is 36.6 Å². The first-order valence-electron chi connectivity index (χ1n) is 14.4. The van der Waals surface area contributed by atoms with Crippen LogP contribution < -0.4 is 33.6 Å². The van der Waals surface area contributed by atoms with E-state index < -0.39 is 98.2 Å². The predicted octanol–water partition coefficient (Wildman–Crippen LogP) is -6.88. The summed E-state index contributed by atoms with van der Waals surface area (Å²) in [6.45, 7) is -0.156. The average Bonchev–Trinajstić information content (AvgIpc) is 2.97. The summed E-state index contributed by atoms with van der Waals surface area (Å²) < 4.78 is 23.4. The number of urea groups is 1. The second kappa shape index (κ2) is 16.8. The highest BCUT2D eigenvalue weighted by Gasteiger charge is 2.51. The molecule has 3 fully saturated rings. The molecule has 1 unspecified atom stereocenters. The Bertz CT molecular complexity index is 852. The molecule has 19 heteroatoms. The lowest BCUT2D eigenvalue weighted by Gasteiger charge is -2.48. The van der Waals surface area contributed by atoms with Gasteiger partial charge in [-0.05, 0) is 25.8 Å². The molecular formula is C24H49N7O12. The van der Waals surface area contributed by atoms with Crippen LogP contribution in [0.2, 0.25) is 0 Å². The zero-order chi connectivity index (χ0) is 31.8. The van der Waals surface area contributed by atoms with Crippen LogP contribution in [0.15, 0.2) is 0 Å². The lowest BCUT2D eigenvalue weighted by atomic mass is 9.83. The molecule has 17 N–H and O–H groups in total. The largest absolute Gasteiger partial charge is 0.396 e. The SMILES string of the molecule is NCCN(O)C(=O)N[C@@H]1C[C@H](N)C(O[C@H]2O[C@H](CNCCCO)[C@@H](O)C[C@H]2N)[C@H](O)[C@H]1O[C@H]1O[C@H](CO)[C@@H](O)[C@H](N)[C@H]1O. The van der Waals surface area contributed by atoms with Gasteiger partial charge >= 0.3 is 6.03 Å². The number of nitrogens with zero attached hydrogens (tertiary/aromatic N) is 1. The molecule has 0 aromatic carbocycles. The molecule has 43 heavy (non-hydrogen) atoms. The van der Waals surface area contributed by atoms with Crippen molar-refractivity contribution in [2.75, 3.05) is 39.4 Å². The molecule has 252 valence electrons. The first kappa shape index (κ1) is 36.1. The van der Waals surface area contributed by atoms with Crippen LogP contribution in [-0.2, 0) is 18.9 Å². The number of nitrogens with one attached hydrogen (secondary N) is 2. The summed E-state index contributed by atoms with van der Waals surface area (Å²) in [6.07, 6.45) is -12.1. The Morgan fingerprint density at radius 2 is 1.58 bits per heavy atom. The molecule has 0 aromatic rings. The molecular weight excluding hydrogens is 578 g/mol. The maximum atomic E-state index is 12.6. The van der Waals surface area contributed by atoms with Crippen molar-refractivity contribution >= 4 is 6.03 Å². The summed E-state index contributed by atoms with van der Waals surface area (Å²) in [5.41, 5.74) is 23.9. The minimum Gasteiger partial charge on any atom is -0.396 e. The highest BCUT2D eigenvalue weighted by Crippen LogP contribution is 2.31. The molecule has 1 aliphatic carbocycles. The fourth-order valence-electron chi connectivity index (χ4n) is 5.40. The van der Waals surface area contributed by atoms with E-state index in [4.69, 9.17) is 47.0 Å². The molecule has 2 amide bonds. The molecule has 2 saturated heterocycles. The molecule has 3 aliphatic rings. The van der Waals surface area contributed by atoms with Gasteiger partial charge in [0.2, 0.25) is 0 Å². The third kappa shape index (κ3) is 9.10. The molecule has 1 saturated carbocycles.